The molecule has 0 unspecified atom stereocenters. The van der Waals surface area contributed by atoms with Gasteiger partial charge in [-0.2, -0.15) is 0 Å². The van der Waals surface area contributed by atoms with E-state index in [-0.39, 0.29) is 11.4 Å². The summed E-state index contributed by atoms with van der Waals surface area (Å²) in [6.45, 7) is -0.677. The highest BCUT2D eigenvalue weighted by molar-refractivity contribution is 7.93. The lowest BCUT2D eigenvalue weighted by Crippen LogP contribution is -2.38. The number of sulfonamides is 1. The van der Waals surface area contributed by atoms with Crippen LogP contribution in [0.25, 0.3) is 10.8 Å². The minimum Gasteiger partial charge on any atom is -0.497 e. The molecule has 1 amide bonds. The van der Waals surface area contributed by atoms with Crippen LogP contribution in [0.2, 0.25) is 0 Å². The second kappa shape index (κ2) is 10.5. The van der Waals surface area contributed by atoms with Gasteiger partial charge in [-0.05, 0) is 41.1 Å². The average molecular weight is 522 g/mol. The number of fused-ring (bicyclic) bond motifs is 1. The van der Waals surface area contributed by atoms with E-state index in [1.165, 1.54) is 44.6 Å². The molecule has 0 bridgehead atoms. The van der Waals surface area contributed by atoms with Gasteiger partial charge in [-0.25, -0.2) is 8.42 Å². The maximum Gasteiger partial charge on any atom is 0.289 e. The quantitative estimate of drug-likeness (QED) is 0.252. The third kappa shape index (κ3) is 5.31. The van der Waals surface area contributed by atoms with Crippen LogP contribution in [0.3, 0.4) is 0 Å². The van der Waals surface area contributed by atoms with Crippen LogP contribution in [-0.2, 0) is 14.8 Å². The maximum atomic E-state index is 13.8. The van der Waals surface area contributed by atoms with Crippen molar-refractivity contribution in [1.82, 2.24) is 0 Å². The van der Waals surface area contributed by atoms with Gasteiger partial charge in [0.15, 0.2) is 4.90 Å². The summed E-state index contributed by atoms with van der Waals surface area (Å²) in [4.78, 5) is 23.4. The fraction of sp³-hybridized carbons (Fsp3) is 0.115. The summed E-state index contributed by atoms with van der Waals surface area (Å²) in [6, 6.07) is 22.2. The number of amides is 1. The molecule has 0 saturated heterocycles. The number of nitro groups is 1. The molecule has 0 heterocycles. The van der Waals surface area contributed by atoms with Crippen LogP contribution in [0.15, 0.2) is 89.8 Å². The Balaban J connectivity index is 1.76. The Morgan fingerprint density at radius 3 is 2.32 bits per heavy atom. The summed E-state index contributed by atoms with van der Waals surface area (Å²) < 4.78 is 38.9. The van der Waals surface area contributed by atoms with Gasteiger partial charge in [0.1, 0.15) is 18.0 Å². The van der Waals surface area contributed by atoms with Crippen molar-refractivity contribution < 1.29 is 27.6 Å². The Kier molecular flexibility index (Phi) is 7.25. The van der Waals surface area contributed by atoms with Crippen molar-refractivity contribution in [3.63, 3.8) is 0 Å². The third-order valence-corrected chi connectivity index (χ3v) is 7.41. The molecule has 1 N–H and O–H groups in total. The normalized spacial score (nSPS) is 11.1. The van der Waals surface area contributed by atoms with Crippen molar-refractivity contribution in [1.29, 1.82) is 0 Å². The number of ether oxygens (including phenoxy) is 2. The molecule has 0 aliphatic rings. The van der Waals surface area contributed by atoms with E-state index < -0.39 is 38.0 Å². The first kappa shape index (κ1) is 25.5. The number of carbonyl (C=O) groups is 1. The van der Waals surface area contributed by atoms with Crippen molar-refractivity contribution in [3.8, 4) is 11.5 Å². The van der Waals surface area contributed by atoms with Crippen molar-refractivity contribution in [3.05, 3.63) is 95.0 Å². The molecule has 4 aromatic rings. The zero-order valence-corrected chi connectivity index (χ0v) is 20.8. The summed E-state index contributed by atoms with van der Waals surface area (Å²) in [5.74, 6) is -0.167. The Morgan fingerprint density at radius 1 is 0.919 bits per heavy atom. The maximum absolute atomic E-state index is 13.8. The smallest absolute Gasteiger partial charge is 0.289 e. The van der Waals surface area contributed by atoms with E-state index in [0.29, 0.717) is 11.4 Å². The molecule has 0 aromatic heterocycles. The predicted molar refractivity (Wildman–Crippen MR) is 140 cm³/mol. The largest absolute Gasteiger partial charge is 0.497 e. The highest BCUT2D eigenvalue weighted by atomic mass is 32.2. The zero-order chi connectivity index (χ0) is 26.6. The topological polar surface area (TPSA) is 128 Å². The molecular formula is C26H23N3O7S. The number of benzene rings is 4. The number of nitrogens with one attached hydrogen (secondary N) is 1. The van der Waals surface area contributed by atoms with Gasteiger partial charge in [0, 0.05) is 17.8 Å². The molecule has 0 atom stereocenters. The zero-order valence-electron chi connectivity index (χ0n) is 20.0. The van der Waals surface area contributed by atoms with E-state index in [2.05, 4.69) is 5.32 Å². The molecule has 0 fully saturated rings. The van der Waals surface area contributed by atoms with E-state index >= 15 is 0 Å². The molecule has 11 heteroatoms. The number of para-hydroxylation sites is 1. The standard InChI is InChI=1S/C26H23N3O7S/c1-35-21-13-14-22(24(16-21)36-2)28(37(33,34)25-10-6-5-9-23(25)29(31)32)17-26(30)27-20-12-11-18-7-3-4-8-19(18)15-20/h3-16H,17H2,1-2H3,(H,27,30). The van der Waals surface area contributed by atoms with Gasteiger partial charge in [0.05, 0.1) is 24.8 Å². The van der Waals surface area contributed by atoms with Gasteiger partial charge in [-0.15, -0.1) is 0 Å². The lowest BCUT2D eigenvalue weighted by molar-refractivity contribution is -0.387. The minimum absolute atomic E-state index is 0.00936. The summed E-state index contributed by atoms with van der Waals surface area (Å²) in [7, 11) is -1.82. The summed E-state index contributed by atoms with van der Waals surface area (Å²) in [5.41, 5.74) is -0.140. The summed E-state index contributed by atoms with van der Waals surface area (Å²) in [5, 5.41) is 16.2. The first-order valence-corrected chi connectivity index (χ1v) is 12.5. The minimum atomic E-state index is -4.59. The van der Waals surface area contributed by atoms with Crippen LogP contribution >= 0.6 is 0 Å². The Hall–Kier alpha value is -4.64. The monoisotopic (exact) mass is 521 g/mol. The molecule has 10 nitrogen and oxygen atoms in total. The predicted octanol–water partition coefficient (Wildman–Crippen LogP) is 4.60. The van der Waals surface area contributed by atoms with Crippen molar-refractivity contribution in [2.45, 2.75) is 4.90 Å². The van der Waals surface area contributed by atoms with Gasteiger partial charge in [0.2, 0.25) is 5.91 Å². The van der Waals surface area contributed by atoms with Gasteiger partial charge in [-0.3, -0.25) is 19.2 Å². The number of methoxy groups -OCH3 is 2. The molecule has 37 heavy (non-hydrogen) atoms. The Labute approximate surface area is 213 Å². The van der Waals surface area contributed by atoms with E-state index in [4.69, 9.17) is 9.47 Å². The third-order valence-electron chi connectivity index (χ3n) is 5.61. The Bertz CT molecular complexity index is 1590. The van der Waals surface area contributed by atoms with E-state index in [1.54, 1.807) is 12.1 Å². The van der Waals surface area contributed by atoms with Gasteiger partial charge >= 0.3 is 0 Å². The SMILES string of the molecule is COc1ccc(N(CC(=O)Nc2ccc3ccccc3c2)S(=O)(=O)c2ccccc2[N+](=O)[O-])c(OC)c1. The average Bonchev–Trinajstić information content (AvgIpc) is 2.91. The molecule has 190 valence electrons. The highest BCUT2D eigenvalue weighted by Crippen LogP contribution is 2.37. The Morgan fingerprint density at radius 2 is 1.62 bits per heavy atom. The lowest BCUT2D eigenvalue weighted by atomic mass is 10.1. The highest BCUT2D eigenvalue weighted by Gasteiger charge is 2.34. The first-order chi connectivity index (χ1) is 17.7. The number of carbonyl (C=O) groups excluding carboxylic acids is 1. The molecule has 0 radical (unpaired) electrons. The van der Waals surface area contributed by atoms with Gasteiger partial charge in [0.25, 0.3) is 15.7 Å². The van der Waals surface area contributed by atoms with Gasteiger partial charge < -0.3 is 14.8 Å². The molecule has 4 rings (SSSR count). The number of nitro benzene ring substituents is 1. The first-order valence-electron chi connectivity index (χ1n) is 11.0. The molecular weight excluding hydrogens is 498 g/mol. The molecule has 0 aliphatic carbocycles. The second-order valence-corrected chi connectivity index (χ2v) is 9.72. The number of hydrogen-bond donors (Lipinski definition) is 1. The number of anilines is 2. The fourth-order valence-corrected chi connectivity index (χ4v) is 5.43. The van der Waals surface area contributed by atoms with Crippen LogP contribution in [0, 0.1) is 10.1 Å². The van der Waals surface area contributed by atoms with Crippen molar-refractivity contribution in [2.24, 2.45) is 0 Å². The molecule has 0 spiro atoms. The van der Waals surface area contributed by atoms with Crippen LogP contribution in [0.5, 0.6) is 11.5 Å². The van der Waals surface area contributed by atoms with Crippen LogP contribution in [-0.4, -0.2) is 40.0 Å². The summed E-state index contributed by atoms with van der Waals surface area (Å²) >= 11 is 0. The summed E-state index contributed by atoms with van der Waals surface area (Å²) in [6.07, 6.45) is 0. The lowest BCUT2D eigenvalue weighted by Gasteiger charge is -2.25. The van der Waals surface area contributed by atoms with Crippen LogP contribution in [0.1, 0.15) is 0 Å². The van der Waals surface area contributed by atoms with Gasteiger partial charge in [-0.1, -0.05) is 42.5 Å². The number of nitrogens with zero attached hydrogens (tertiary/aromatic N) is 2. The fourth-order valence-electron chi connectivity index (χ4n) is 3.83. The number of hydrogen-bond acceptors (Lipinski definition) is 7. The van der Waals surface area contributed by atoms with Crippen LogP contribution in [0.4, 0.5) is 17.1 Å². The van der Waals surface area contributed by atoms with Crippen molar-refractivity contribution in [2.75, 3.05) is 30.4 Å². The van der Waals surface area contributed by atoms with E-state index in [9.17, 15) is 23.3 Å². The second-order valence-electron chi connectivity index (χ2n) is 7.88. The van der Waals surface area contributed by atoms with E-state index in [1.807, 2.05) is 30.3 Å². The van der Waals surface area contributed by atoms with Crippen molar-refractivity contribution >= 4 is 43.8 Å². The van der Waals surface area contributed by atoms with E-state index in [0.717, 1.165) is 27.2 Å². The number of rotatable bonds is 9. The molecule has 0 saturated carbocycles. The molecule has 0 aliphatic heterocycles. The van der Waals surface area contributed by atoms with Crippen LogP contribution < -0.4 is 19.1 Å². The molecule has 4 aromatic carbocycles.